The van der Waals surface area contributed by atoms with Crippen molar-refractivity contribution in [1.82, 2.24) is 4.90 Å². The normalized spacial score (nSPS) is 23.3. The summed E-state index contributed by atoms with van der Waals surface area (Å²) in [4.78, 5) is 2.43. The molecule has 0 amide bonds. The van der Waals surface area contributed by atoms with Crippen LogP contribution in [0, 0.1) is 17.2 Å². The summed E-state index contributed by atoms with van der Waals surface area (Å²) in [5.41, 5.74) is 1.42. The summed E-state index contributed by atoms with van der Waals surface area (Å²) in [6.07, 6.45) is 0. The molecule has 0 spiro atoms. The Morgan fingerprint density at radius 1 is 1.05 bits per heavy atom. The van der Waals surface area contributed by atoms with Crippen LogP contribution in [0.3, 0.4) is 0 Å². The van der Waals surface area contributed by atoms with Gasteiger partial charge in [0.1, 0.15) is 0 Å². The first-order chi connectivity index (χ1) is 9.99. The Morgan fingerprint density at radius 2 is 1.76 bits per heavy atom. The molecule has 2 aromatic carbocycles. The minimum absolute atomic E-state index is 0.0883. The molecule has 0 bridgehead atoms. The fourth-order valence-electron chi connectivity index (χ4n) is 3.26. The molecule has 2 aromatic rings. The summed E-state index contributed by atoms with van der Waals surface area (Å²) in [7, 11) is 0. The van der Waals surface area contributed by atoms with Crippen LogP contribution in [-0.2, 0) is 0 Å². The van der Waals surface area contributed by atoms with Gasteiger partial charge in [-0.25, -0.2) is 0 Å². The SMILES string of the molecule is CC(C)(C)N1C[C@H](c2ccc3ccccc3c2)[C@@H](C#N)C1. The number of hydrogen-bond donors (Lipinski definition) is 0. The Kier molecular flexibility index (Phi) is 3.47. The summed E-state index contributed by atoms with van der Waals surface area (Å²) in [5, 5.41) is 12.0. The molecule has 108 valence electrons. The second-order valence-electron chi connectivity index (χ2n) is 7.02. The first-order valence-corrected chi connectivity index (χ1v) is 7.62. The van der Waals surface area contributed by atoms with Gasteiger partial charge in [-0.2, -0.15) is 5.26 Å². The molecule has 2 heteroatoms. The second-order valence-corrected chi connectivity index (χ2v) is 7.02. The molecule has 3 rings (SSSR count). The van der Waals surface area contributed by atoms with E-state index < -0.39 is 0 Å². The van der Waals surface area contributed by atoms with Crippen molar-refractivity contribution in [3.05, 3.63) is 48.0 Å². The maximum Gasteiger partial charge on any atom is 0.0676 e. The lowest BCUT2D eigenvalue weighted by molar-refractivity contribution is 0.170. The van der Waals surface area contributed by atoms with E-state index in [0.717, 1.165) is 13.1 Å². The number of rotatable bonds is 1. The van der Waals surface area contributed by atoms with Crippen LogP contribution in [0.5, 0.6) is 0 Å². The molecule has 1 aliphatic heterocycles. The van der Waals surface area contributed by atoms with E-state index in [4.69, 9.17) is 0 Å². The maximum atomic E-state index is 9.52. The minimum Gasteiger partial charge on any atom is -0.297 e. The smallest absolute Gasteiger partial charge is 0.0676 e. The molecule has 21 heavy (non-hydrogen) atoms. The molecule has 1 saturated heterocycles. The van der Waals surface area contributed by atoms with E-state index in [2.05, 4.69) is 74.2 Å². The van der Waals surface area contributed by atoms with E-state index in [9.17, 15) is 5.26 Å². The lowest BCUT2D eigenvalue weighted by Gasteiger charge is -2.31. The van der Waals surface area contributed by atoms with Crippen molar-refractivity contribution >= 4 is 10.8 Å². The van der Waals surface area contributed by atoms with Gasteiger partial charge in [-0.15, -0.1) is 0 Å². The molecule has 0 aromatic heterocycles. The topological polar surface area (TPSA) is 27.0 Å². The molecular weight excluding hydrogens is 256 g/mol. The average molecular weight is 278 g/mol. The van der Waals surface area contributed by atoms with Gasteiger partial charge in [-0.1, -0.05) is 42.5 Å². The van der Waals surface area contributed by atoms with Gasteiger partial charge in [0.2, 0.25) is 0 Å². The minimum atomic E-state index is 0.0883. The van der Waals surface area contributed by atoms with E-state index in [0.29, 0.717) is 5.92 Å². The maximum absolute atomic E-state index is 9.52. The molecule has 1 fully saturated rings. The molecular formula is C19H22N2. The predicted molar refractivity (Wildman–Crippen MR) is 87.1 cm³/mol. The standard InChI is InChI=1S/C19H22N2/c1-19(2,3)21-12-17(11-20)18(13-21)16-9-8-14-6-4-5-7-15(14)10-16/h4-10,17-18H,12-13H2,1-3H3/t17-,18+/m0/s1. The lowest BCUT2D eigenvalue weighted by atomic mass is 9.89. The Labute approximate surface area is 127 Å². The van der Waals surface area contributed by atoms with Gasteiger partial charge in [-0.3, -0.25) is 4.90 Å². The van der Waals surface area contributed by atoms with Crippen LogP contribution in [0.1, 0.15) is 32.3 Å². The molecule has 0 aliphatic carbocycles. The number of hydrogen-bond acceptors (Lipinski definition) is 2. The second kappa shape index (κ2) is 5.16. The van der Waals surface area contributed by atoms with Crippen LogP contribution >= 0.6 is 0 Å². The van der Waals surface area contributed by atoms with Crippen LogP contribution in [0.15, 0.2) is 42.5 Å². The van der Waals surface area contributed by atoms with E-state index in [-0.39, 0.29) is 11.5 Å². The predicted octanol–water partition coefficient (Wildman–Crippen LogP) is 4.18. The molecule has 0 N–H and O–H groups in total. The largest absolute Gasteiger partial charge is 0.297 e. The van der Waals surface area contributed by atoms with E-state index in [1.165, 1.54) is 16.3 Å². The fraction of sp³-hybridized carbons (Fsp3) is 0.421. The highest BCUT2D eigenvalue weighted by Crippen LogP contribution is 2.36. The van der Waals surface area contributed by atoms with Gasteiger partial charge < -0.3 is 0 Å². The summed E-state index contributed by atoms with van der Waals surface area (Å²) >= 11 is 0. The molecule has 2 atom stereocenters. The average Bonchev–Trinajstić information content (AvgIpc) is 2.91. The fourth-order valence-corrected chi connectivity index (χ4v) is 3.26. The van der Waals surface area contributed by atoms with Crippen molar-refractivity contribution in [3.8, 4) is 6.07 Å². The first-order valence-electron chi connectivity index (χ1n) is 7.62. The molecule has 2 nitrogen and oxygen atoms in total. The van der Waals surface area contributed by atoms with Gasteiger partial charge in [0, 0.05) is 24.5 Å². The zero-order valence-corrected chi connectivity index (χ0v) is 13.0. The highest BCUT2D eigenvalue weighted by molar-refractivity contribution is 5.83. The summed E-state index contributed by atoms with van der Waals surface area (Å²) in [6.45, 7) is 8.52. The zero-order valence-electron chi connectivity index (χ0n) is 13.0. The van der Waals surface area contributed by atoms with Gasteiger partial charge >= 0.3 is 0 Å². The van der Waals surface area contributed by atoms with Gasteiger partial charge in [0.25, 0.3) is 0 Å². The van der Waals surface area contributed by atoms with Crippen LogP contribution in [0.25, 0.3) is 10.8 Å². The number of likely N-dealkylation sites (tertiary alicyclic amines) is 1. The van der Waals surface area contributed by atoms with Crippen LogP contribution in [0.4, 0.5) is 0 Å². The number of benzene rings is 2. The third kappa shape index (κ3) is 2.66. The van der Waals surface area contributed by atoms with Gasteiger partial charge in [0.15, 0.2) is 0 Å². The molecule has 1 aliphatic rings. The van der Waals surface area contributed by atoms with Crippen molar-refractivity contribution in [2.45, 2.75) is 32.2 Å². The molecule has 1 heterocycles. The van der Waals surface area contributed by atoms with Crippen molar-refractivity contribution in [2.24, 2.45) is 5.92 Å². The van der Waals surface area contributed by atoms with Crippen molar-refractivity contribution in [3.63, 3.8) is 0 Å². The first kappa shape index (κ1) is 14.1. The summed E-state index contributed by atoms with van der Waals surface area (Å²) in [5.74, 6) is 0.407. The van der Waals surface area contributed by atoms with Gasteiger partial charge in [-0.05, 0) is 37.1 Å². The van der Waals surface area contributed by atoms with Crippen LogP contribution in [0.2, 0.25) is 0 Å². The Bertz CT molecular complexity index is 691. The Balaban J connectivity index is 1.95. The molecule has 0 unspecified atom stereocenters. The monoisotopic (exact) mass is 278 g/mol. The van der Waals surface area contributed by atoms with E-state index in [1.54, 1.807) is 0 Å². The van der Waals surface area contributed by atoms with Crippen LogP contribution in [-0.4, -0.2) is 23.5 Å². The highest BCUT2D eigenvalue weighted by atomic mass is 15.2. The Morgan fingerprint density at radius 3 is 2.43 bits per heavy atom. The highest BCUT2D eigenvalue weighted by Gasteiger charge is 2.38. The Hall–Kier alpha value is -1.85. The summed E-state index contributed by atoms with van der Waals surface area (Å²) < 4.78 is 0. The third-order valence-corrected chi connectivity index (χ3v) is 4.64. The quantitative estimate of drug-likeness (QED) is 0.782. The van der Waals surface area contributed by atoms with Crippen LogP contribution < -0.4 is 0 Å². The number of nitrogens with zero attached hydrogens (tertiary/aromatic N) is 2. The van der Waals surface area contributed by atoms with Crippen molar-refractivity contribution in [1.29, 1.82) is 5.26 Å². The lowest BCUT2D eigenvalue weighted by Crippen LogP contribution is -2.39. The number of fused-ring (bicyclic) bond motifs is 1. The van der Waals surface area contributed by atoms with E-state index >= 15 is 0 Å². The number of nitriles is 1. The van der Waals surface area contributed by atoms with Crippen molar-refractivity contribution in [2.75, 3.05) is 13.1 Å². The van der Waals surface area contributed by atoms with Gasteiger partial charge in [0.05, 0.1) is 12.0 Å². The third-order valence-electron chi connectivity index (χ3n) is 4.64. The molecule has 0 saturated carbocycles. The zero-order chi connectivity index (χ0) is 15.0. The molecule has 0 radical (unpaired) electrons. The summed E-state index contributed by atoms with van der Waals surface area (Å²) in [6, 6.07) is 17.6. The van der Waals surface area contributed by atoms with Crippen molar-refractivity contribution < 1.29 is 0 Å². The van der Waals surface area contributed by atoms with E-state index in [1.807, 2.05) is 0 Å².